The number of ether oxygens (including phenoxy) is 1. The minimum atomic E-state index is -3.84. The Balaban J connectivity index is 1.52. The molecule has 0 spiro atoms. The molecule has 7 nitrogen and oxygen atoms in total. The number of halogens is 1. The van der Waals surface area contributed by atoms with Crippen molar-refractivity contribution in [2.75, 3.05) is 24.6 Å². The summed E-state index contributed by atoms with van der Waals surface area (Å²) in [5.74, 6) is -0.236. The van der Waals surface area contributed by atoms with Crippen molar-refractivity contribution in [2.45, 2.75) is 62.3 Å². The average Bonchev–Trinajstić information content (AvgIpc) is 3.58. The van der Waals surface area contributed by atoms with Gasteiger partial charge in [0.15, 0.2) is 5.13 Å². The zero-order valence-corrected chi connectivity index (χ0v) is 22.9. The minimum absolute atomic E-state index is 0.0847. The molecule has 0 radical (unpaired) electrons. The van der Waals surface area contributed by atoms with Crippen LogP contribution in [0.3, 0.4) is 0 Å². The third-order valence-electron chi connectivity index (χ3n) is 6.57. The lowest BCUT2D eigenvalue weighted by atomic mass is 10.0. The third kappa shape index (κ3) is 5.01. The van der Waals surface area contributed by atoms with Gasteiger partial charge >= 0.3 is 0 Å². The van der Waals surface area contributed by atoms with Crippen LogP contribution in [0.2, 0.25) is 4.34 Å². The smallest absolute Gasteiger partial charge is 0.253 e. The van der Waals surface area contributed by atoms with Gasteiger partial charge in [0, 0.05) is 13.2 Å². The summed E-state index contributed by atoms with van der Waals surface area (Å²) in [7, 11) is -3.84. The molecule has 35 heavy (non-hydrogen) atoms. The number of aryl methyl sites for hydroxylation is 2. The molecule has 0 aliphatic carbocycles. The van der Waals surface area contributed by atoms with Crippen molar-refractivity contribution in [3.63, 3.8) is 0 Å². The summed E-state index contributed by atoms with van der Waals surface area (Å²) in [4.78, 5) is 20.6. The Morgan fingerprint density at radius 2 is 2.03 bits per heavy atom. The van der Waals surface area contributed by atoms with Crippen molar-refractivity contribution in [3.8, 4) is 0 Å². The number of hydrogen-bond donors (Lipinski definition) is 0. The SMILES string of the molecule is Cc1cc(C)c2sc(N(CC3CCCO3)C(=O)C3CCCCN3S(=O)(=O)c3ccc(Cl)s3)nc2c1. The molecule has 11 heteroatoms. The van der Waals surface area contributed by atoms with E-state index in [1.54, 1.807) is 11.0 Å². The molecular weight excluding hydrogens is 526 g/mol. The largest absolute Gasteiger partial charge is 0.376 e. The molecule has 1 aromatic carbocycles. The van der Waals surface area contributed by atoms with Crippen LogP contribution < -0.4 is 4.90 Å². The van der Waals surface area contributed by atoms with Crippen molar-refractivity contribution in [2.24, 2.45) is 0 Å². The van der Waals surface area contributed by atoms with E-state index in [1.807, 2.05) is 19.9 Å². The zero-order valence-electron chi connectivity index (χ0n) is 19.7. The monoisotopic (exact) mass is 553 g/mol. The maximum Gasteiger partial charge on any atom is 0.253 e. The zero-order chi connectivity index (χ0) is 24.7. The first-order chi connectivity index (χ1) is 16.7. The summed E-state index contributed by atoms with van der Waals surface area (Å²) in [6.07, 6.45) is 3.72. The predicted molar refractivity (Wildman–Crippen MR) is 141 cm³/mol. The van der Waals surface area contributed by atoms with E-state index in [9.17, 15) is 13.2 Å². The third-order valence-corrected chi connectivity index (χ3v) is 11.4. The minimum Gasteiger partial charge on any atom is -0.376 e. The second-order valence-corrected chi connectivity index (χ2v) is 14.0. The van der Waals surface area contributed by atoms with E-state index in [1.165, 1.54) is 21.7 Å². The fourth-order valence-electron chi connectivity index (χ4n) is 4.91. The summed E-state index contributed by atoms with van der Waals surface area (Å²) >= 11 is 8.53. The van der Waals surface area contributed by atoms with Gasteiger partial charge in [-0.1, -0.05) is 35.4 Å². The molecule has 0 saturated carbocycles. The number of hydrogen-bond acceptors (Lipinski definition) is 7. The average molecular weight is 554 g/mol. The lowest BCUT2D eigenvalue weighted by Gasteiger charge is -2.36. The summed E-state index contributed by atoms with van der Waals surface area (Å²) in [5.41, 5.74) is 3.08. The number of carbonyl (C=O) groups is 1. The lowest BCUT2D eigenvalue weighted by molar-refractivity contribution is -0.123. The molecule has 2 unspecified atom stereocenters. The van der Waals surface area contributed by atoms with Gasteiger partial charge < -0.3 is 4.74 Å². The highest BCUT2D eigenvalue weighted by Gasteiger charge is 2.41. The number of nitrogens with zero attached hydrogens (tertiary/aromatic N) is 3. The van der Waals surface area contributed by atoms with E-state index >= 15 is 0 Å². The van der Waals surface area contributed by atoms with E-state index in [0.29, 0.717) is 42.0 Å². The summed E-state index contributed by atoms with van der Waals surface area (Å²) in [6.45, 7) is 5.42. The Morgan fingerprint density at radius 3 is 2.74 bits per heavy atom. The van der Waals surface area contributed by atoms with E-state index < -0.39 is 16.1 Å². The van der Waals surface area contributed by atoms with Crippen LogP contribution in [-0.4, -0.2) is 55.5 Å². The Kier molecular flexibility index (Phi) is 7.22. The molecule has 2 saturated heterocycles. The fraction of sp³-hybridized carbons (Fsp3) is 0.500. The molecule has 2 fully saturated rings. The highest BCUT2D eigenvalue weighted by molar-refractivity contribution is 7.91. The number of amides is 1. The number of sulfonamides is 1. The second kappa shape index (κ2) is 10.1. The quantitative estimate of drug-likeness (QED) is 0.409. The molecule has 2 aromatic heterocycles. The van der Waals surface area contributed by atoms with E-state index in [2.05, 4.69) is 6.07 Å². The maximum absolute atomic E-state index is 14.1. The van der Waals surface area contributed by atoms with Gasteiger partial charge in [-0.15, -0.1) is 11.3 Å². The molecule has 0 bridgehead atoms. The molecule has 4 heterocycles. The van der Waals surface area contributed by atoms with Crippen molar-refractivity contribution < 1.29 is 17.9 Å². The van der Waals surface area contributed by atoms with Gasteiger partial charge in [0.1, 0.15) is 10.3 Å². The van der Waals surface area contributed by atoms with Crippen LogP contribution in [0, 0.1) is 13.8 Å². The van der Waals surface area contributed by atoms with Crippen LogP contribution >= 0.6 is 34.3 Å². The van der Waals surface area contributed by atoms with Crippen LogP contribution in [0.4, 0.5) is 5.13 Å². The van der Waals surface area contributed by atoms with Crippen molar-refractivity contribution >= 4 is 65.6 Å². The van der Waals surface area contributed by atoms with E-state index in [4.69, 9.17) is 21.3 Å². The molecule has 188 valence electrons. The number of thiophene rings is 1. The van der Waals surface area contributed by atoms with Crippen LogP contribution in [0.15, 0.2) is 28.5 Å². The Morgan fingerprint density at radius 1 is 1.20 bits per heavy atom. The molecular formula is C24H28ClN3O4S3. The van der Waals surface area contributed by atoms with Crippen LogP contribution in [-0.2, 0) is 19.6 Å². The standard InChI is InChI=1S/C24H28ClN3O4S3/c1-15-12-16(2)22-18(13-15)26-24(34-22)27(14-17-6-5-11-32-17)23(29)19-7-3-4-10-28(19)35(30,31)21-9-8-20(25)33-21/h8-9,12-13,17,19H,3-7,10-11,14H2,1-2H3. The molecule has 2 aliphatic rings. The number of carbonyl (C=O) groups excluding carboxylic acids is 1. The Bertz CT molecular complexity index is 1350. The van der Waals surface area contributed by atoms with Gasteiger partial charge in [-0.05, 0) is 68.9 Å². The summed E-state index contributed by atoms with van der Waals surface area (Å²) in [5, 5.41) is 0.594. The maximum atomic E-state index is 14.1. The lowest BCUT2D eigenvalue weighted by Crippen LogP contribution is -2.54. The molecule has 2 atom stereocenters. The van der Waals surface area contributed by atoms with Gasteiger partial charge in [-0.2, -0.15) is 4.31 Å². The van der Waals surface area contributed by atoms with Crippen molar-refractivity contribution in [1.82, 2.24) is 9.29 Å². The highest BCUT2D eigenvalue weighted by atomic mass is 35.5. The van der Waals surface area contributed by atoms with Crippen LogP contribution in [0.1, 0.15) is 43.2 Å². The number of rotatable bonds is 6. The number of anilines is 1. The number of thiazole rings is 1. The van der Waals surface area contributed by atoms with Gasteiger partial charge in [-0.3, -0.25) is 9.69 Å². The van der Waals surface area contributed by atoms with Gasteiger partial charge in [0.2, 0.25) is 5.91 Å². The number of piperidine rings is 1. The Labute approximate surface area is 218 Å². The molecule has 5 rings (SSSR count). The topological polar surface area (TPSA) is 79.8 Å². The normalized spacial score (nSPS) is 21.6. The van der Waals surface area contributed by atoms with Crippen LogP contribution in [0.25, 0.3) is 10.2 Å². The van der Waals surface area contributed by atoms with Crippen molar-refractivity contribution in [3.05, 3.63) is 39.7 Å². The number of benzene rings is 1. The Hall–Kier alpha value is -1.56. The first-order valence-corrected chi connectivity index (χ1v) is 15.3. The second-order valence-electron chi connectivity index (χ2n) is 9.20. The van der Waals surface area contributed by atoms with Gasteiger partial charge in [-0.25, -0.2) is 13.4 Å². The first-order valence-electron chi connectivity index (χ1n) is 11.8. The molecule has 3 aromatic rings. The number of aromatic nitrogens is 1. The predicted octanol–water partition coefficient (Wildman–Crippen LogP) is 5.38. The summed E-state index contributed by atoms with van der Waals surface area (Å²) < 4.78 is 35.9. The number of fused-ring (bicyclic) bond motifs is 1. The fourth-order valence-corrected chi connectivity index (χ4v) is 9.20. The van der Waals surface area contributed by atoms with E-state index in [0.717, 1.165) is 51.9 Å². The highest BCUT2D eigenvalue weighted by Crippen LogP contribution is 2.36. The molecule has 2 aliphatic heterocycles. The summed E-state index contributed by atoms with van der Waals surface area (Å²) in [6, 6.07) is 6.44. The van der Waals surface area contributed by atoms with Gasteiger partial charge in [0.05, 0.1) is 27.2 Å². The first kappa shape index (κ1) is 25.1. The molecule has 1 amide bonds. The van der Waals surface area contributed by atoms with Crippen LogP contribution in [0.5, 0.6) is 0 Å². The van der Waals surface area contributed by atoms with E-state index in [-0.39, 0.29) is 16.2 Å². The molecule has 0 N–H and O–H groups in total. The van der Waals surface area contributed by atoms with Gasteiger partial charge in [0.25, 0.3) is 10.0 Å². The van der Waals surface area contributed by atoms with Crippen molar-refractivity contribution in [1.29, 1.82) is 0 Å².